The standard InChI is InChI=1S/C23H26N2O4/c1-17-15-19(25-13-5-6-14-25)9-10-20(17)24-22(27)16-29-23(28)12-11-21(26)18-7-3-2-4-8-18/h2-4,7-10,15H,5-6,11-14,16H2,1H3,(H,24,27). The summed E-state index contributed by atoms with van der Waals surface area (Å²) in [5, 5.41) is 2.77. The third kappa shape index (κ3) is 5.91. The van der Waals surface area contributed by atoms with Crippen LogP contribution in [0.15, 0.2) is 48.5 Å². The van der Waals surface area contributed by atoms with Gasteiger partial charge >= 0.3 is 5.97 Å². The third-order valence-corrected chi connectivity index (χ3v) is 4.97. The Bertz CT molecular complexity index is 874. The van der Waals surface area contributed by atoms with Gasteiger partial charge in [0, 0.05) is 36.4 Å². The van der Waals surface area contributed by atoms with Crippen LogP contribution in [0.3, 0.4) is 0 Å². The molecule has 6 heteroatoms. The van der Waals surface area contributed by atoms with E-state index in [-0.39, 0.29) is 25.2 Å². The summed E-state index contributed by atoms with van der Waals surface area (Å²) in [6, 6.07) is 14.7. The van der Waals surface area contributed by atoms with Crippen LogP contribution in [0, 0.1) is 6.92 Å². The first kappa shape index (κ1) is 20.6. The molecular formula is C23H26N2O4. The molecule has 0 atom stereocenters. The number of anilines is 2. The number of carbonyl (C=O) groups excluding carboxylic acids is 3. The first-order valence-corrected chi connectivity index (χ1v) is 9.92. The summed E-state index contributed by atoms with van der Waals surface area (Å²) < 4.78 is 5.00. The average molecular weight is 394 g/mol. The monoisotopic (exact) mass is 394 g/mol. The second kappa shape index (κ2) is 9.87. The molecule has 0 aliphatic carbocycles. The van der Waals surface area contributed by atoms with E-state index in [4.69, 9.17) is 4.74 Å². The van der Waals surface area contributed by atoms with Crippen molar-refractivity contribution in [3.8, 4) is 0 Å². The number of Topliss-reactive ketones (excluding diaryl/α,β-unsaturated/α-hetero) is 1. The lowest BCUT2D eigenvalue weighted by Crippen LogP contribution is -2.22. The Kier molecular flexibility index (Phi) is 7.00. The number of benzene rings is 2. The number of ether oxygens (including phenoxy) is 1. The van der Waals surface area contributed by atoms with E-state index in [9.17, 15) is 14.4 Å². The number of hydrogen-bond acceptors (Lipinski definition) is 5. The Balaban J connectivity index is 1.42. The Hall–Kier alpha value is -3.15. The summed E-state index contributed by atoms with van der Waals surface area (Å²) in [4.78, 5) is 38.3. The number of ketones is 1. The fourth-order valence-electron chi connectivity index (χ4n) is 3.35. The molecule has 1 amide bonds. The molecule has 0 saturated carbocycles. The maximum Gasteiger partial charge on any atom is 0.306 e. The summed E-state index contributed by atoms with van der Waals surface area (Å²) >= 11 is 0. The van der Waals surface area contributed by atoms with Crippen LogP contribution in [0.5, 0.6) is 0 Å². The predicted octanol–water partition coefficient (Wildman–Crippen LogP) is 3.74. The molecule has 0 unspecified atom stereocenters. The minimum atomic E-state index is -0.564. The van der Waals surface area contributed by atoms with E-state index in [0.29, 0.717) is 11.3 Å². The molecule has 1 N–H and O–H groups in total. The molecule has 6 nitrogen and oxygen atoms in total. The lowest BCUT2D eigenvalue weighted by molar-refractivity contribution is -0.147. The molecule has 0 spiro atoms. The van der Waals surface area contributed by atoms with Gasteiger partial charge < -0.3 is 15.0 Å². The zero-order chi connectivity index (χ0) is 20.6. The van der Waals surface area contributed by atoms with Crippen molar-refractivity contribution in [2.45, 2.75) is 32.6 Å². The molecular weight excluding hydrogens is 368 g/mol. The normalized spacial score (nSPS) is 13.2. The fourth-order valence-corrected chi connectivity index (χ4v) is 3.35. The van der Waals surface area contributed by atoms with Gasteiger partial charge in [0.25, 0.3) is 5.91 Å². The van der Waals surface area contributed by atoms with Gasteiger partial charge in [0.2, 0.25) is 0 Å². The van der Waals surface area contributed by atoms with E-state index in [1.165, 1.54) is 12.8 Å². The molecule has 1 aliphatic heterocycles. The van der Waals surface area contributed by atoms with Crippen molar-refractivity contribution in [2.24, 2.45) is 0 Å². The van der Waals surface area contributed by atoms with E-state index < -0.39 is 11.9 Å². The smallest absolute Gasteiger partial charge is 0.306 e. The largest absolute Gasteiger partial charge is 0.456 e. The molecule has 1 saturated heterocycles. The summed E-state index contributed by atoms with van der Waals surface area (Å²) in [5.74, 6) is -1.09. The number of aryl methyl sites for hydroxylation is 1. The molecule has 0 aromatic heterocycles. The van der Waals surface area contributed by atoms with E-state index in [1.54, 1.807) is 24.3 Å². The van der Waals surface area contributed by atoms with E-state index >= 15 is 0 Å². The SMILES string of the molecule is Cc1cc(N2CCCC2)ccc1NC(=O)COC(=O)CCC(=O)c1ccccc1. The second-order valence-corrected chi connectivity index (χ2v) is 7.19. The zero-order valence-corrected chi connectivity index (χ0v) is 16.6. The Morgan fingerprint density at radius 1 is 1.00 bits per heavy atom. The minimum absolute atomic E-state index is 0.0510. The van der Waals surface area contributed by atoms with Crippen LogP contribution in [0.1, 0.15) is 41.6 Å². The van der Waals surface area contributed by atoms with Crippen LogP contribution in [-0.4, -0.2) is 37.4 Å². The highest BCUT2D eigenvalue weighted by Gasteiger charge is 2.15. The van der Waals surface area contributed by atoms with E-state index in [2.05, 4.69) is 16.3 Å². The first-order valence-electron chi connectivity index (χ1n) is 9.92. The van der Waals surface area contributed by atoms with Crippen molar-refractivity contribution in [3.63, 3.8) is 0 Å². The van der Waals surface area contributed by atoms with Gasteiger partial charge in [0.05, 0.1) is 6.42 Å². The van der Waals surface area contributed by atoms with Gasteiger partial charge in [0.15, 0.2) is 12.4 Å². The van der Waals surface area contributed by atoms with Crippen LogP contribution in [0.4, 0.5) is 11.4 Å². The predicted molar refractivity (Wildman–Crippen MR) is 112 cm³/mol. The van der Waals surface area contributed by atoms with Crippen molar-refractivity contribution in [3.05, 3.63) is 59.7 Å². The molecule has 2 aromatic carbocycles. The number of amides is 1. The second-order valence-electron chi connectivity index (χ2n) is 7.19. The van der Waals surface area contributed by atoms with Crippen molar-refractivity contribution < 1.29 is 19.1 Å². The van der Waals surface area contributed by atoms with Crippen LogP contribution in [-0.2, 0) is 14.3 Å². The van der Waals surface area contributed by atoms with Gasteiger partial charge in [-0.15, -0.1) is 0 Å². The summed E-state index contributed by atoms with van der Waals surface area (Å²) in [6.45, 7) is 3.70. The molecule has 152 valence electrons. The molecule has 1 aliphatic rings. The highest BCUT2D eigenvalue weighted by molar-refractivity contribution is 5.98. The molecule has 2 aromatic rings. The minimum Gasteiger partial charge on any atom is -0.456 e. The quantitative estimate of drug-likeness (QED) is 0.545. The number of carbonyl (C=O) groups is 3. The Morgan fingerprint density at radius 3 is 2.41 bits per heavy atom. The maximum absolute atomic E-state index is 12.1. The molecule has 3 rings (SSSR count). The average Bonchev–Trinajstić information content (AvgIpc) is 3.27. The topological polar surface area (TPSA) is 75.7 Å². The van der Waals surface area contributed by atoms with Crippen LogP contribution in [0.2, 0.25) is 0 Å². The van der Waals surface area contributed by atoms with Crippen LogP contribution < -0.4 is 10.2 Å². The number of rotatable bonds is 8. The third-order valence-electron chi connectivity index (χ3n) is 4.97. The molecule has 0 bridgehead atoms. The van der Waals surface area contributed by atoms with E-state index in [1.807, 2.05) is 25.1 Å². The summed E-state index contributed by atoms with van der Waals surface area (Å²) in [6.07, 6.45) is 2.42. The molecule has 1 fully saturated rings. The van der Waals surface area contributed by atoms with Crippen molar-refractivity contribution in [2.75, 3.05) is 29.9 Å². The lowest BCUT2D eigenvalue weighted by Gasteiger charge is -2.19. The number of nitrogens with zero attached hydrogens (tertiary/aromatic N) is 1. The number of hydrogen-bond donors (Lipinski definition) is 1. The molecule has 29 heavy (non-hydrogen) atoms. The van der Waals surface area contributed by atoms with Gasteiger partial charge in [-0.05, 0) is 43.5 Å². The van der Waals surface area contributed by atoms with Crippen molar-refractivity contribution in [1.82, 2.24) is 0 Å². The number of esters is 1. The lowest BCUT2D eigenvalue weighted by atomic mass is 10.1. The highest BCUT2D eigenvalue weighted by Crippen LogP contribution is 2.25. The van der Waals surface area contributed by atoms with Gasteiger partial charge in [-0.2, -0.15) is 0 Å². The Labute approximate surface area is 170 Å². The summed E-state index contributed by atoms with van der Waals surface area (Å²) in [7, 11) is 0. The van der Waals surface area contributed by atoms with Crippen molar-refractivity contribution in [1.29, 1.82) is 0 Å². The fraction of sp³-hybridized carbons (Fsp3) is 0.348. The van der Waals surface area contributed by atoms with Gasteiger partial charge in [0.1, 0.15) is 0 Å². The van der Waals surface area contributed by atoms with Crippen LogP contribution >= 0.6 is 0 Å². The highest BCUT2D eigenvalue weighted by atomic mass is 16.5. The van der Waals surface area contributed by atoms with Crippen molar-refractivity contribution >= 4 is 29.0 Å². The van der Waals surface area contributed by atoms with Gasteiger partial charge in [-0.3, -0.25) is 14.4 Å². The van der Waals surface area contributed by atoms with Crippen LogP contribution in [0.25, 0.3) is 0 Å². The number of nitrogens with one attached hydrogen (secondary N) is 1. The van der Waals surface area contributed by atoms with E-state index in [0.717, 1.165) is 24.3 Å². The Morgan fingerprint density at radius 2 is 1.72 bits per heavy atom. The maximum atomic E-state index is 12.1. The van der Waals surface area contributed by atoms with Gasteiger partial charge in [-0.1, -0.05) is 30.3 Å². The first-order chi connectivity index (χ1) is 14.0. The molecule has 0 radical (unpaired) electrons. The molecule has 1 heterocycles. The van der Waals surface area contributed by atoms with Gasteiger partial charge in [-0.25, -0.2) is 0 Å². The zero-order valence-electron chi connectivity index (χ0n) is 16.6. The summed E-state index contributed by atoms with van der Waals surface area (Å²) in [5.41, 5.74) is 3.38.